The average Bonchev–Trinajstić information content (AvgIpc) is 2.43. The maximum absolute atomic E-state index is 13.1. The molecule has 0 spiro atoms. The third-order valence-corrected chi connectivity index (χ3v) is 3.05. The van der Waals surface area contributed by atoms with Gasteiger partial charge in [-0.25, -0.2) is 9.07 Å². The Balaban J connectivity index is 2.17. The molecule has 2 aromatic rings. The van der Waals surface area contributed by atoms with Gasteiger partial charge in [-0.3, -0.25) is 4.79 Å². The smallest absolute Gasteiger partial charge is 0.269 e. The van der Waals surface area contributed by atoms with Crippen LogP contribution in [0.1, 0.15) is 18.9 Å². The first-order valence-corrected chi connectivity index (χ1v) is 6.73. The number of nitrogens with one attached hydrogen (secondary N) is 1. The van der Waals surface area contributed by atoms with Crippen LogP contribution < -0.4 is 10.9 Å². The summed E-state index contributed by atoms with van der Waals surface area (Å²) in [5.74, 6) is -0.477. The standard InChI is InChI=1S/C14H15ClFN3O/c1-2-5-17-11-7-14(20)19(18-8-11)9-10-3-4-13(16)12(15)6-10/h3-4,6-8,17H,2,5,9H2,1H3. The summed E-state index contributed by atoms with van der Waals surface area (Å²) in [5, 5.41) is 7.22. The number of nitrogens with zero attached hydrogens (tertiary/aromatic N) is 2. The molecule has 0 amide bonds. The zero-order valence-corrected chi connectivity index (χ0v) is 11.8. The van der Waals surface area contributed by atoms with Gasteiger partial charge in [0.1, 0.15) is 5.82 Å². The molecule has 1 heterocycles. The molecule has 0 fully saturated rings. The molecule has 106 valence electrons. The predicted molar refractivity (Wildman–Crippen MR) is 77.8 cm³/mol. The first-order chi connectivity index (χ1) is 9.60. The Morgan fingerprint density at radius 1 is 1.40 bits per heavy atom. The molecule has 2 rings (SSSR count). The molecular formula is C14H15ClFN3O. The van der Waals surface area contributed by atoms with Gasteiger partial charge in [0.05, 0.1) is 23.5 Å². The van der Waals surface area contributed by atoms with Crippen LogP contribution in [0.4, 0.5) is 10.1 Å². The topological polar surface area (TPSA) is 46.9 Å². The Kier molecular flexibility index (Phi) is 4.74. The van der Waals surface area contributed by atoms with Crippen LogP contribution in [0, 0.1) is 5.82 Å². The first kappa shape index (κ1) is 14.5. The quantitative estimate of drug-likeness (QED) is 0.922. The van der Waals surface area contributed by atoms with Crippen LogP contribution in [0.25, 0.3) is 0 Å². The van der Waals surface area contributed by atoms with Gasteiger partial charge in [0, 0.05) is 12.6 Å². The number of benzene rings is 1. The van der Waals surface area contributed by atoms with E-state index in [9.17, 15) is 9.18 Å². The van der Waals surface area contributed by atoms with E-state index < -0.39 is 5.82 Å². The zero-order valence-electron chi connectivity index (χ0n) is 11.1. The summed E-state index contributed by atoms with van der Waals surface area (Å²) in [6, 6.07) is 5.85. The number of halogens is 2. The van der Waals surface area contributed by atoms with Crippen molar-refractivity contribution in [1.29, 1.82) is 0 Å². The van der Waals surface area contributed by atoms with Crippen LogP contribution in [0.3, 0.4) is 0 Å². The molecule has 0 bridgehead atoms. The van der Waals surface area contributed by atoms with Gasteiger partial charge in [0.25, 0.3) is 5.56 Å². The predicted octanol–water partition coefficient (Wildman–Crippen LogP) is 2.91. The Morgan fingerprint density at radius 3 is 2.85 bits per heavy atom. The van der Waals surface area contributed by atoms with Gasteiger partial charge in [-0.1, -0.05) is 24.6 Å². The van der Waals surface area contributed by atoms with Gasteiger partial charge < -0.3 is 5.32 Å². The van der Waals surface area contributed by atoms with Crippen molar-refractivity contribution >= 4 is 17.3 Å². The maximum Gasteiger partial charge on any atom is 0.269 e. The van der Waals surface area contributed by atoms with Crippen LogP contribution in [-0.4, -0.2) is 16.3 Å². The van der Waals surface area contributed by atoms with Gasteiger partial charge in [0.15, 0.2) is 0 Å². The van der Waals surface area contributed by atoms with Crippen LogP contribution in [-0.2, 0) is 6.54 Å². The summed E-state index contributed by atoms with van der Waals surface area (Å²) in [5.41, 5.74) is 1.21. The number of rotatable bonds is 5. The molecule has 1 N–H and O–H groups in total. The molecule has 20 heavy (non-hydrogen) atoms. The highest BCUT2D eigenvalue weighted by molar-refractivity contribution is 6.30. The highest BCUT2D eigenvalue weighted by Crippen LogP contribution is 2.16. The zero-order chi connectivity index (χ0) is 14.5. The van der Waals surface area contributed by atoms with E-state index in [1.54, 1.807) is 12.3 Å². The van der Waals surface area contributed by atoms with Crippen LogP contribution >= 0.6 is 11.6 Å². The van der Waals surface area contributed by atoms with Gasteiger partial charge in [-0.15, -0.1) is 0 Å². The summed E-state index contributed by atoms with van der Waals surface area (Å²) in [7, 11) is 0. The molecule has 0 radical (unpaired) electrons. The van der Waals surface area contributed by atoms with E-state index >= 15 is 0 Å². The van der Waals surface area contributed by atoms with Gasteiger partial charge >= 0.3 is 0 Å². The van der Waals surface area contributed by atoms with E-state index in [4.69, 9.17) is 11.6 Å². The number of aromatic nitrogens is 2. The second-order valence-electron chi connectivity index (χ2n) is 4.42. The van der Waals surface area contributed by atoms with Crippen molar-refractivity contribution in [3.8, 4) is 0 Å². The van der Waals surface area contributed by atoms with E-state index in [1.165, 1.54) is 22.9 Å². The molecule has 4 nitrogen and oxygen atoms in total. The molecule has 0 unspecified atom stereocenters. The highest BCUT2D eigenvalue weighted by atomic mass is 35.5. The lowest BCUT2D eigenvalue weighted by molar-refractivity contribution is 0.619. The Morgan fingerprint density at radius 2 is 2.20 bits per heavy atom. The summed E-state index contributed by atoms with van der Waals surface area (Å²) in [4.78, 5) is 11.9. The SMILES string of the molecule is CCCNc1cnn(Cc2ccc(F)c(Cl)c2)c(=O)c1. The third kappa shape index (κ3) is 3.57. The lowest BCUT2D eigenvalue weighted by Crippen LogP contribution is -2.23. The molecule has 0 aliphatic rings. The summed E-state index contributed by atoms with van der Waals surface area (Å²) in [6.07, 6.45) is 2.57. The Hall–Kier alpha value is -1.88. The molecule has 0 saturated heterocycles. The molecule has 0 saturated carbocycles. The molecule has 6 heteroatoms. The molecular weight excluding hydrogens is 281 g/mol. The highest BCUT2D eigenvalue weighted by Gasteiger charge is 2.04. The maximum atomic E-state index is 13.1. The lowest BCUT2D eigenvalue weighted by Gasteiger charge is -2.08. The molecule has 0 atom stereocenters. The summed E-state index contributed by atoms with van der Waals surface area (Å²) < 4.78 is 14.4. The Labute approximate surface area is 121 Å². The van der Waals surface area contributed by atoms with Gasteiger partial charge in [0.2, 0.25) is 0 Å². The van der Waals surface area contributed by atoms with E-state index in [-0.39, 0.29) is 17.1 Å². The van der Waals surface area contributed by atoms with Crippen molar-refractivity contribution in [2.24, 2.45) is 0 Å². The van der Waals surface area contributed by atoms with Crippen molar-refractivity contribution in [1.82, 2.24) is 9.78 Å². The number of anilines is 1. The van der Waals surface area contributed by atoms with Crippen LogP contribution in [0.2, 0.25) is 5.02 Å². The van der Waals surface area contributed by atoms with Crippen LogP contribution in [0.5, 0.6) is 0 Å². The summed E-state index contributed by atoms with van der Waals surface area (Å²) >= 11 is 5.71. The first-order valence-electron chi connectivity index (χ1n) is 6.35. The van der Waals surface area contributed by atoms with Crippen molar-refractivity contribution in [3.63, 3.8) is 0 Å². The van der Waals surface area contributed by atoms with Crippen molar-refractivity contribution in [2.75, 3.05) is 11.9 Å². The molecule has 1 aromatic carbocycles. The van der Waals surface area contributed by atoms with Crippen molar-refractivity contribution in [2.45, 2.75) is 19.9 Å². The minimum Gasteiger partial charge on any atom is -0.384 e. The lowest BCUT2D eigenvalue weighted by atomic mass is 10.2. The van der Waals surface area contributed by atoms with E-state index in [1.807, 2.05) is 6.92 Å². The van der Waals surface area contributed by atoms with Crippen LogP contribution in [0.15, 0.2) is 35.3 Å². The fourth-order valence-corrected chi connectivity index (χ4v) is 1.93. The van der Waals surface area contributed by atoms with Gasteiger partial charge in [-0.2, -0.15) is 5.10 Å². The van der Waals surface area contributed by atoms with Gasteiger partial charge in [-0.05, 0) is 24.1 Å². The Bertz CT molecular complexity index is 657. The second kappa shape index (κ2) is 6.52. The average molecular weight is 296 g/mol. The van der Waals surface area contributed by atoms with Crippen molar-refractivity contribution in [3.05, 3.63) is 57.2 Å². The second-order valence-corrected chi connectivity index (χ2v) is 4.82. The number of hydrogen-bond acceptors (Lipinski definition) is 3. The minimum atomic E-state index is -0.477. The van der Waals surface area contributed by atoms with E-state index in [2.05, 4.69) is 10.4 Å². The molecule has 0 aliphatic carbocycles. The third-order valence-electron chi connectivity index (χ3n) is 2.77. The monoisotopic (exact) mass is 295 g/mol. The van der Waals surface area contributed by atoms with E-state index in [0.717, 1.165) is 18.5 Å². The fraction of sp³-hybridized carbons (Fsp3) is 0.286. The fourth-order valence-electron chi connectivity index (χ4n) is 1.73. The summed E-state index contributed by atoms with van der Waals surface area (Å²) in [6.45, 7) is 3.09. The minimum absolute atomic E-state index is 0.0387. The number of hydrogen-bond donors (Lipinski definition) is 1. The van der Waals surface area contributed by atoms with E-state index in [0.29, 0.717) is 5.69 Å². The molecule has 0 aliphatic heterocycles. The largest absolute Gasteiger partial charge is 0.384 e. The normalized spacial score (nSPS) is 10.6. The molecule has 1 aromatic heterocycles. The van der Waals surface area contributed by atoms with Crippen molar-refractivity contribution < 1.29 is 4.39 Å².